The van der Waals surface area contributed by atoms with Crippen LogP contribution in [0.2, 0.25) is 0 Å². The van der Waals surface area contributed by atoms with Crippen LogP contribution in [-0.2, 0) is 27.4 Å². The molecule has 0 spiro atoms. The maximum absolute atomic E-state index is 12.1. The summed E-state index contributed by atoms with van der Waals surface area (Å²) in [6.07, 6.45) is 1.47. The van der Waals surface area contributed by atoms with Gasteiger partial charge in [0.1, 0.15) is 18.4 Å². The number of hydrogen-bond donors (Lipinski definition) is 5. The first-order valence-corrected chi connectivity index (χ1v) is 11.0. The van der Waals surface area contributed by atoms with E-state index in [0.29, 0.717) is 13.0 Å². The number of nitrogens with one attached hydrogen (secondary N) is 1. The number of carbonyl (C=O) groups is 3. The van der Waals surface area contributed by atoms with Gasteiger partial charge in [-0.05, 0) is 48.4 Å². The maximum atomic E-state index is 12.1. The monoisotopic (exact) mass is 472 g/mol. The average molecular weight is 473 g/mol. The quantitative estimate of drug-likeness (QED) is 0.241. The number of aromatic hydroxyl groups is 1. The van der Waals surface area contributed by atoms with Crippen LogP contribution < -0.4 is 17.0 Å². The summed E-state index contributed by atoms with van der Waals surface area (Å²) in [5.74, 6) is 3.70. The largest absolute Gasteiger partial charge is 0.508 e. The molecule has 10 heteroatoms. The lowest BCUT2D eigenvalue weighted by molar-refractivity contribution is -0.146. The minimum Gasteiger partial charge on any atom is -0.508 e. The van der Waals surface area contributed by atoms with E-state index >= 15 is 0 Å². The van der Waals surface area contributed by atoms with Gasteiger partial charge in [0.15, 0.2) is 0 Å². The van der Waals surface area contributed by atoms with E-state index in [1.165, 1.54) is 4.90 Å². The van der Waals surface area contributed by atoms with Gasteiger partial charge >= 0.3 is 12.1 Å². The minimum atomic E-state index is -0.964. The smallest absolute Gasteiger partial charge is 0.410 e. The summed E-state index contributed by atoms with van der Waals surface area (Å²) in [6.45, 7) is 2.46. The van der Waals surface area contributed by atoms with Gasteiger partial charge in [-0.1, -0.05) is 49.4 Å². The number of benzene rings is 2. The van der Waals surface area contributed by atoms with Crippen molar-refractivity contribution >= 4 is 18.0 Å². The Hall–Kier alpha value is -3.63. The van der Waals surface area contributed by atoms with Gasteiger partial charge in [0.25, 0.3) is 5.91 Å². The van der Waals surface area contributed by atoms with Crippen molar-refractivity contribution in [2.45, 2.75) is 44.9 Å². The second kappa shape index (κ2) is 13.2. The van der Waals surface area contributed by atoms with Crippen LogP contribution in [0.1, 0.15) is 30.9 Å². The molecule has 1 heterocycles. The zero-order valence-corrected chi connectivity index (χ0v) is 19.1. The highest BCUT2D eigenvalue weighted by atomic mass is 16.6. The minimum absolute atomic E-state index is 0.0504. The van der Waals surface area contributed by atoms with Gasteiger partial charge in [-0.2, -0.15) is 0 Å². The van der Waals surface area contributed by atoms with Crippen LogP contribution in [0.3, 0.4) is 0 Å². The number of likely N-dealkylation sites (tertiary alicyclic amines) is 1. The first kappa shape index (κ1) is 26.6. The molecule has 0 unspecified atom stereocenters. The number of hydrogen-bond acceptors (Lipinski definition) is 7. The van der Waals surface area contributed by atoms with Crippen molar-refractivity contribution in [2.24, 2.45) is 17.5 Å². The SMILES string of the molecule is C[C@@H]1CCCN(C(=O)OCc2ccccc2)[C@@H]1C(=O)O.NNC(=O)[C@H](N)Cc1ccc(O)cc1. The molecular formula is C24H32N4O6. The topological polar surface area (TPSA) is 168 Å². The number of rotatable bonds is 6. The molecule has 2 aromatic rings. The third kappa shape index (κ3) is 8.05. The summed E-state index contributed by atoms with van der Waals surface area (Å²) in [6, 6.07) is 14.4. The van der Waals surface area contributed by atoms with Crippen LogP contribution in [-0.4, -0.2) is 51.7 Å². The molecule has 1 aliphatic rings. The number of amides is 2. The van der Waals surface area contributed by atoms with E-state index in [1.807, 2.05) is 42.7 Å². The lowest BCUT2D eigenvalue weighted by Gasteiger charge is -2.36. The van der Waals surface area contributed by atoms with Crippen molar-refractivity contribution in [1.29, 1.82) is 0 Å². The number of phenolic OH excluding ortho intramolecular Hbond substituents is 1. The Bertz CT molecular complexity index is 938. The van der Waals surface area contributed by atoms with Crippen molar-refractivity contribution in [3.8, 4) is 5.75 Å². The van der Waals surface area contributed by atoms with Gasteiger partial charge in [0, 0.05) is 6.54 Å². The molecule has 184 valence electrons. The molecule has 0 aromatic heterocycles. The molecule has 0 saturated carbocycles. The number of carboxylic acid groups (broad SMARTS) is 1. The normalized spacial score (nSPS) is 18.1. The van der Waals surface area contributed by atoms with Crippen LogP contribution in [0.25, 0.3) is 0 Å². The Morgan fingerprint density at radius 3 is 2.35 bits per heavy atom. The average Bonchev–Trinajstić information content (AvgIpc) is 2.84. The van der Waals surface area contributed by atoms with E-state index < -0.39 is 30.1 Å². The van der Waals surface area contributed by atoms with E-state index in [1.54, 1.807) is 24.3 Å². The molecule has 2 amide bonds. The first-order chi connectivity index (χ1) is 16.2. The van der Waals surface area contributed by atoms with Gasteiger partial charge in [0.2, 0.25) is 0 Å². The standard InChI is InChI=1S/C15H19NO4.C9H13N3O2/c1-11-6-5-9-16(13(11)14(17)18)15(19)20-10-12-7-3-2-4-8-12;10-8(9(14)12-11)5-6-1-3-7(13)4-2-6/h2-4,7-8,11,13H,5-6,9-10H2,1H3,(H,17,18);1-4,8,13H,5,10-11H2,(H,12,14)/t11-,13+;8-/m11/s1. The predicted octanol–water partition coefficient (Wildman–Crippen LogP) is 1.76. The van der Waals surface area contributed by atoms with Gasteiger partial charge in [-0.25, -0.2) is 15.4 Å². The van der Waals surface area contributed by atoms with Gasteiger partial charge in [-0.3, -0.25) is 15.1 Å². The van der Waals surface area contributed by atoms with Crippen LogP contribution in [0.4, 0.5) is 4.79 Å². The summed E-state index contributed by atoms with van der Waals surface area (Å²) in [5, 5.41) is 18.3. The van der Waals surface area contributed by atoms with Gasteiger partial charge in [0.05, 0.1) is 6.04 Å². The second-order valence-corrected chi connectivity index (χ2v) is 8.12. The summed E-state index contributed by atoms with van der Waals surface area (Å²) in [5.41, 5.74) is 9.29. The Labute approximate surface area is 198 Å². The summed E-state index contributed by atoms with van der Waals surface area (Å²) in [7, 11) is 0. The highest BCUT2D eigenvalue weighted by Crippen LogP contribution is 2.24. The van der Waals surface area contributed by atoms with Crippen molar-refractivity contribution in [2.75, 3.05) is 6.54 Å². The third-order valence-corrected chi connectivity index (χ3v) is 5.50. The van der Waals surface area contributed by atoms with Crippen LogP contribution in [0.5, 0.6) is 5.75 Å². The molecule has 2 aromatic carbocycles. The van der Waals surface area contributed by atoms with Crippen molar-refractivity contribution in [3.05, 3.63) is 65.7 Å². The van der Waals surface area contributed by atoms with Crippen molar-refractivity contribution in [1.82, 2.24) is 10.3 Å². The highest BCUT2D eigenvalue weighted by Gasteiger charge is 2.37. The summed E-state index contributed by atoms with van der Waals surface area (Å²) in [4.78, 5) is 35.7. The number of hydrazine groups is 1. The zero-order chi connectivity index (χ0) is 25.1. The molecule has 7 N–H and O–H groups in total. The van der Waals surface area contributed by atoms with Crippen molar-refractivity contribution in [3.63, 3.8) is 0 Å². The number of piperidine rings is 1. The third-order valence-electron chi connectivity index (χ3n) is 5.50. The van der Waals surface area contributed by atoms with Crippen molar-refractivity contribution < 1.29 is 29.3 Å². The Morgan fingerprint density at radius 2 is 1.76 bits per heavy atom. The number of carbonyl (C=O) groups excluding carboxylic acids is 2. The number of ether oxygens (including phenoxy) is 1. The number of aliphatic carboxylic acids is 1. The van der Waals surface area contributed by atoms with E-state index in [-0.39, 0.29) is 18.3 Å². The maximum Gasteiger partial charge on any atom is 0.410 e. The lowest BCUT2D eigenvalue weighted by atomic mass is 9.91. The molecule has 10 nitrogen and oxygen atoms in total. The molecule has 0 aliphatic carbocycles. The molecule has 3 atom stereocenters. The van der Waals surface area contributed by atoms with E-state index in [0.717, 1.165) is 24.0 Å². The van der Waals surface area contributed by atoms with Gasteiger partial charge < -0.3 is 20.7 Å². The fraction of sp³-hybridized carbons (Fsp3) is 0.375. The van der Waals surface area contributed by atoms with Gasteiger partial charge in [-0.15, -0.1) is 0 Å². The fourth-order valence-electron chi connectivity index (χ4n) is 3.66. The highest BCUT2D eigenvalue weighted by molar-refractivity contribution is 5.81. The van der Waals surface area contributed by atoms with E-state index in [4.69, 9.17) is 21.4 Å². The molecule has 3 rings (SSSR count). The number of nitrogens with zero attached hydrogens (tertiary/aromatic N) is 1. The fourth-order valence-corrected chi connectivity index (χ4v) is 3.66. The number of carboxylic acids is 1. The van der Waals surface area contributed by atoms with Crippen LogP contribution in [0, 0.1) is 5.92 Å². The van der Waals surface area contributed by atoms with Crippen LogP contribution in [0.15, 0.2) is 54.6 Å². The number of nitrogens with two attached hydrogens (primary N) is 2. The first-order valence-electron chi connectivity index (χ1n) is 11.0. The molecule has 0 bridgehead atoms. The lowest BCUT2D eigenvalue weighted by Crippen LogP contribution is -2.52. The van der Waals surface area contributed by atoms with E-state index in [9.17, 15) is 19.5 Å². The zero-order valence-electron chi connectivity index (χ0n) is 19.1. The Morgan fingerprint density at radius 1 is 1.12 bits per heavy atom. The Kier molecular flexibility index (Phi) is 10.3. The number of phenols is 1. The van der Waals surface area contributed by atoms with Crippen LogP contribution >= 0.6 is 0 Å². The molecule has 1 fully saturated rings. The summed E-state index contributed by atoms with van der Waals surface area (Å²) < 4.78 is 5.22. The van der Waals surface area contributed by atoms with E-state index in [2.05, 4.69) is 0 Å². The molecule has 1 aliphatic heterocycles. The second-order valence-electron chi connectivity index (χ2n) is 8.12. The molecule has 34 heavy (non-hydrogen) atoms. The molecular weight excluding hydrogens is 440 g/mol. The molecule has 1 saturated heterocycles. The predicted molar refractivity (Wildman–Crippen MR) is 125 cm³/mol. The molecule has 0 radical (unpaired) electrons. The Balaban J connectivity index is 0.000000257. The summed E-state index contributed by atoms with van der Waals surface area (Å²) >= 11 is 0.